The second-order valence-corrected chi connectivity index (χ2v) is 5.16. The van der Waals surface area contributed by atoms with Gasteiger partial charge in [0.2, 0.25) is 5.91 Å². The number of rotatable bonds is 4. The number of benzene rings is 1. The third-order valence-corrected chi connectivity index (χ3v) is 3.74. The normalized spacial score (nSPS) is 17.7. The molecule has 1 aliphatic carbocycles. The Morgan fingerprint density at radius 2 is 1.89 bits per heavy atom. The van der Waals surface area contributed by atoms with Gasteiger partial charge in [-0.1, -0.05) is 25.0 Å². The third-order valence-electron chi connectivity index (χ3n) is 3.55. The molecule has 0 unspecified atom stereocenters. The van der Waals surface area contributed by atoms with Crippen LogP contribution in [-0.4, -0.2) is 11.8 Å². The molecule has 1 aromatic rings. The Morgan fingerprint density at radius 1 is 1.28 bits per heavy atom. The van der Waals surface area contributed by atoms with Gasteiger partial charge in [-0.2, -0.15) is 0 Å². The van der Waals surface area contributed by atoms with Crippen molar-refractivity contribution >= 4 is 17.5 Å². The van der Waals surface area contributed by atoms with E-state index in [-0.39, 0.29) is 17.3 Å². The monoisotopic (exact) mass is 269 g/mol. The first-order valence-corrected chi connectivity index (χ1v) is 6.83. The van der Waals surface area contributed by atoms with Crippen molar-refractivity contribution < 1.29 is 9.18 Å². The van der Waals surface area contributed by atoms with Crippen LogP contribution in [0.25, 0.3) is 0 Å². The lowest BCUT2D eigenvalue weighted by atomic mass is 9.88. The molecule has 2 nitrogen and oxygen atoms in total. The van der Waals surface area contributed by atoms with E-state index in [0.29, 0.717) is 12.3 Å². The zero-order chi connectivity index (χ0) is 13.0. The summed E-state index contributed by atoms with van der Waals surface area (Å²) in [5.74, 6) is 0.0425. The molecule has 1 aromatic carbocycles. The van der Waals surface area contributed by atoms with Gasteiger partial charge in [0.05, 0.1) is 5.54 Å². The Kier molecular flexibility index (Phi) is 4.23. The Morgan fingerprint density at radius 3 is 2.44 bits per heavy atom. The van der Waals surface area contributed by atoms with Crippen molar-refractivity contribution in [3.05, 3.63) is 35.6 Å². The average molecular weight is 270 g/mol. The van der Waals surface area contributed by atoms with Crippen LogP contribution < -0.4 is 5.32 Å². The molecule has 0 spiro atoms. The van der Waals surface area contributed by atoms with E-state index < -0.39 is 0 Å². The van der Waals surface area contributed by atoms with E-state index in [9.17, 15) is 9.18 Å². The summed E-state index contributed by atoms with van der Waals surface area (Å²) >= 11 is 5.58. The van der Waals surface area contributed by atoms with Crippen LogP contribution in [0, 0.1) is 5.82 Å². The third kappa shape index (κ3) is 2.83. The van der Waals surface area contributed by atoms with Gasteiger partial charge in [-0.25, -0.2) is 4.39 Å². The fourth-order valence-electron chi connectivity index (χ4n) is 2.65. The number of carbonyl (C=O) groups is 1. The summed E-state index contributed by atoms with van der Waals surface area (Å²) in [4.78, 5) is 11.8. The molecule has 2 rings (SSSR count). The molecule has 98 valence electrons. The molecule has 0 radical (unpaired) electrons. The largest absolute Gasteiger partial charge is 0.347 e. The Hall–Kier alpha value is -1.09. The molecule has 0 saturated heterocycles. The zero-order valence-electron chi connectivity index (χ0n) is 10.2. The molecule has 4 heteroatoms. The molecule has 0 aromatic heterocycles. The summed E-state index contributed by atoms with van der Waals surface area (Å²) in [6.07, 6.45) is 4.31. The van der Waals surface area contributed by atoms with Crippen molar-refractivity contribution in [1.82, 2.24) is 5.32 Å². The summed E-state index contributed by atoms with van der Waals surface area (Å²) in [5.41, 5.74) is 0.668. The van der Waals surface area contributed by atoms with Crippen LogP contribution in [0.5, 0.6) is 0 Å². The van der Waals surface area contributed by atoms with Gasteiger partial charge in [0.1, 0.15) is 5.82 Å². The Balaban J connectivity index is 2.21. The van der Waals surface area contributed by atoms with Gasteiger partial charge < -0.3 is 5.32 Å². The van der Waals surface area contributed by atoms with E-state index >= 15 is 0 Å². The first-order valence-electron chi connectivity index (χ1n) is 6.29. The maximum atomic E-state index is 13.0. The highest BCUT2D eigenvalue weighted by Gasteiger charge is 2.36. The predicted molar refractivity (Wildman–Crippen MR) is 70.0 cm³/mol. The second kappa shape index (κ2) is 5.70. The first kappa shape index (κ1) is 13.3. The molecule has 0 heterocycles. The highest BCUT2D eigenvalue weighted by Crippen LogP contribution is 2.38. The second-order valence-electron chi connectivity index (χ2n) is 4.78. The number of carbonyl (C=O) groups excluding carboxylic acids is 1. The summed E-state index contributed by atoms with van der Waals surface area (Å²) < 4.78 is 13.0. The topological polar surface area (TPSA) is 29.1 Å². The fourth-order valence-corrected chi connectivity index (χ4v) is 2.82. The van der Waals surface area contributed by atoms with E-state index in [2.05, 4.69) is 5.32 Å². The summed E-state index contributed by atoms with van der Waals surface area (Å²) in [6, 6.07) is 6.43. The van der Waals surface area contributed by atoms with Crippen LogP contribution in [0.1, 0.15) is 37.7 Å². The minimum Gasteiger partial charge on any atom is -0.347 e. The van der Waals surface area contributed by atoms with Crippen molar-refractivity contribution in [2.75, 3.05) is 5.88 Å². The van der Waals surface area contributed by atoms with E-state index in [1.54, 1.807) is 12.1 Å². The van der Waals surface area contributed by atoms with Gasteiger partial charge in [0, 0.05) is 12.3 Å². The molecular weight excluding hydrogens is 253 g/mol. The lowest BCUT2D eigenvalue weighted by Crippen LogP contribution is -2.43. The van der Waals surface area contributed by atoms with Gasteiger partial charge >= 0.3 is 0 Å². The Labute approximate surface area is 112 Å². The average Bonchev–Trinajstić information content (AvgIpc) is 2.79. The van der Waals surface area contributed by atoms with Gasteiger partial charge in [-0.3, -0.25) is 4.79 Å². The highest BCUT2D eigenvalue weighted by atomic mass is 35.5. The molecule has 1 amide bonds. The lowest BCUT2D eigenvalue weighted by Gasteiger charge is -2.31. The summed E-state index contributed by atoms with van der Waals surface area (Å²) in [7, 11) is 0. The highest BCUT2D eigenvalue weighted by molar-refractivity contribution is 6.18. The van der Waals surface area contributed by atoms with Crippen molar-refractivity contribution in [3.63, 3.8) is 0 Å². The van der Waals surface area contributed by atoms with E-state index in [1.807, 2.05) is 0 Å². The van der Waals surface area contributed by atoms with Gasteiger partial charge in [0.15, 0.2) is 0 Å². The van der Waals surface area contributed by atoms with Crippen LogP contribution in [0.15, 0.2) is 24.3 Å². The quantitative estimate of drug-likeness (QED) is 0.835. The number of alkyl halides is 1. The molecule has 0 atom stereocenters. The number of halogens is 2. The molecule has 0 aliphatic heterocycles. The number of amides is 1. The molecular formula is C14H17ClFNO. The van der Waals surface area contributed by atoms with Gasteiger partial charge in [-0.05, 0) is 30.5 Å². The first-order chi connectivity index (χ1) is 8.66. The molecule has 1 aliphatic rings. The molecule has 1 N–H and O–H groups in total. The molecule has 1 fully saturated rings. The van der Waals surface area contributed by atoms with E-state index in [0.717, 1.165) is 31.2 Å². The number of hydrogen-bond donors (Lipinski definition) is 1. The molecule has 1 saturated carbocycles. The fraction of sp³-hybridized carbons (Fsp3) is 0.500. The molecule has 18 heavy (non-hydrogen) atoms. The van der Waals surface area contributed by atoms with Crippen molar-refractivity contribution in [2.24, 2.45) is 0 Å². The van der Waals surface area contributed by atoms with Crippen LogP contribution in [0.3, 0.4) is 0 Å². The zero-order valence-corrected chi connectivity index (χ0v) is 11.0. The van der Waals surface area contributed by atoms with Crippen LogP contribution in [0.2, 0.25) is 0 Å². The predicted octanol–water partition coefficient (Wildman–Crippen LogP) is 3.34. The van der Waals surface area contributed by atoms with E-state index in [4.69, 9.17) is 11.6 Å². The van der Waals surface area contributed by atoms with Crippen molar-refractivity contribution in [2.45, 2.75) is 37.6 Å². The van der Waals surface area contributed by atoms with Crippen LogP contribution in [0.4, 0.5) is 4.39 Å². The molecule has 0 bridgehead atoms. The lowest BCUT2D eigenvalue weighted by molar-refractivity contribution is -0.122. The van der Waals surface area contributed by atoms with Crippen LogP contribution >= 0.6 is 11.6 Å². The van der Waals surface area contributed by atoms with Gasteiger partial charge in [-0.15, -0.1) is 11.6 Å². The maximum absolute atomic E-state index is 13.0. The van der Waals surface area contributed by atoms with Gasteiger partial charge in [0.25, 0.3) is 0 Å². The SMILES string of the molecule is O=C(CCCl)NC1(c2ccc(F)cc2)CCCC1. The maximum Gasteiger partial charge on any atom is 0.221 e. The number of hydrogen-bond acceptors (Lipinski definition) is 1. The smallest absolute Gasteiger partial charge is 0.221 e. The number of nitrogens with one attached hydrogen (secondary N) is 1. The van der Waals surface area contributed by atoms with Crippen molar-refractivity contribution in [1.29, 1.82) is 0 Å². The van der Waals surface area contributed by atoms with Crippen LogP contribution in [-0.2, 0) is 10.3 Å². The minimum atomic E-state index is -0.323. The standard InChI is InChI=1S/C14H17ClFNO/c15-10-7-13(18)17-14(8-1-2-9-14)11-3-5-12(16)6-4-11/h3-6H,1-2,7-10H2,(H,17,18). The Bertz CT molecular complexity index is 412. The minimum absolute atomic E-state index is 0.0313. The van der Waals surface area contributed by atoms with Crippen molar-refractivity contribution in [3.8, 4) is 0 Å². The summed E-state index contributed by atoms with van der Waals surface area (Å²) in [6.45, 7) is 0. The summed E-state index contributed by atoms with van der Waals surface area (Å²) in [5, 5.41) is 3.08. The van der Waals surface area contributed by atoms with E-state index in [1.165, 1.54) is 12.1 Å².